The maximum Gasteiger partial charge on any atom is 0.317 e. The predicted molar refractivity (Wildman–Crippen MR) is 59.4 cm³/mol. The van der Waals surface area contributed by atoms with Crippen LogP contribution >= 0.6 is 15.9 Å². The molecule has 1 rings (SSSR count). The van der Waals surface area contributed by atoms with E-state index in [9.17, 15) is 4.79 Å². The first kappa shape index (κ1) is 12.1. The van der Waals surface area contributed by atoms with E-state index in [1.165, 1.54) is 0 Å². The summed E-state index contributed by atoms with van der Waals surface area (Å²) in [6.07, 6.45) is 3.14. The van der Waals surface area contributed by atoms with Crippen molar-refractivity contribution in [3.8, 4) is 0 Å². The Labute approximate surface area is 97.2 Å². The number of rotatable bonds is 3. The van der Waals surface area contributed by atoms with Gasteiger partial charge in [-0.3, -0.25) is 9.78 Å². The van der Waals surface area contributed by atoms with Crippen LogP contribution in [0.4, 0.5) is 0 Å². The topological polar surface area (TPSA) is 52.1 Å². The molecule has 4 nitrogen and oxygen atoms in total. The van der Waals surface area contributed by atoms with Crippen molar-refractivity contribution >= 4 is 21.9 Å². The molecule has 0 aliphatic carbocycles. The Kier molecular flexibility index (Phi) is 3.79. The van der Waals surface area contributed by atoms with Gasteiger partial charge in [-0.15, -0.1) is 0 Å². The van der Waals surface area contributed by atoms with Crippen LogP contribution in [0, 0.1) is 0 Å². The molecule has 0 aliphatic rings. The smallest absolute Gasteiger partial charge is 0.317 e. The number of nitrogens with zero attached hydrogens (tertiary/aromatic N) is 2. The molecule has 1 heterocycles. The van der Waals surface area contributed by atoms with Crippen LogP contribution < -0.4 is 0 Å². The molecule has 1 aromatic rings. The van der Waals surface area contributed by atoms with Crippen molar-refractivity contribution < 1.29 is 9.53 Å². The summed E-state index contributed by atoms with van der Waals surface area (Å²) in [7, 11) is 0. The summed E-state index contributed by atoms with van der Waals surface area (Å²) in [6, 6.07) is 0. The fourth-order valence-corrected chi connectivity index (χ4v) is 1.26. The maximum atomic E-state index is 11.6. The molecular weight excluding hydrogens is 260 g/mol. The minimum atomic E-state index is -0.760. The first-order valence-electron chi connectivity index (χ1n) is 4.63. The zero-order valence-electron chi connectivity index (χ0n) is 8.95. The molecule has 1 aromatic heterocycles. The molecule has 5 heteroatoms. The summed E-state index contributed by atoms with van der Waals surface area (Å²) in [5.74, 6) is -0.290. The molecule has 0 unspecified atom stereocenters. The van der Waals surface area contributed by atoms with E-state index < -0.39 is 5.41 Å². The molecule has 0 radical (unpaired) electrons. The molecule has 0 aromatic carbocycles. The van der Waals surface area contributed by atoms with Crippen molar-refractivity contribution in [1.82, 2.24) is 9.97 Å². The number of hydrogen-bond acceptors (Lipinski definition) is 4. The molecule has 0 saturated carbocycles. The van der Waals surface area contributed by atoms with E-state index >= 15 is 0 Å². The molecule has 82 valence electrons. The predicted octanol–water partition coefficient (Wildman–Crippen LogP) is 2.08. The van der Waals surface area contributed by atoms with E-state index in [0.717, 1.165) is 0 Å². The molecule has 0 aliphatic heterocycles. The summed E-state index contributed by atoms with van der Waals surface area (Å²) in [4.78, 5) is 19.8. The van der Waals surface area contributed by atoms with E-state index in [2.05, 4.69) is 25.9 Å². The number of hydrogen-bond donors (Lipinski definition) is 0. The highest BCUT2D eigenvalue weighted by Crippen LogP contribution is 2.22. The van der Waals surface area contributed by atoms with Crippen molar-refractivity contribution in [3.63, 3.8) is 0 Å². The summed E-state index contributed by atoms with van der Waals surface area (Å²) in [5.41, 5.74) is -0.159. The molecule has 0 N–H and O–H groups in total. The molecule has 15 heavy (non-hydrogen) atoms. The highest BCUT2D eigenvalue weighted by molar-refractivity contribution is 9.10. The standard InChI is InChI=1S/C10H13BrN2O2/c1-4-15-9(14)10(2,3)7-5-13-8(11)6-12-7/h5-6H,4H2,1-3H3. The monoisotopic (exact) mass is 272 g/mol. The molecule has 0 atom stereocenters. The van der Waals surface area contributed by atoms with Gasteiger partial charge in [0.15, 0.2) is 0 Å². The first-order valence-corrected chi connectivity index (χ1v) is 5.43. The third-order valence-corrected chi connectivity index (χ3v) is 2.46. The minimum absolute atomic E-state index is 0.290. The molecule has 0 bridgehead atoms. The number of esters is 1. The van der Waals surface area contributed by atoms with E-state index in [1.54, 1.807) is 33.2 Å². The Hall–Kier alpha value is -0.970. The number of aromatic nitrogens is 2. The van der Waals surface area contributed by atoms with Crippen LogP contribution in [0.2, 0.25) is 0 Å². The van der Waals surface area contributed by atoms with Gasteiger partial charge in [-0.25, -0.2) is 4.98 Å². The second-order valence-electron chi connectivity index (χ2n) is 3.57. The molecule has 0 spiro atoms. The molecular formula is C10H13BrN2O2. The fourth-order valence-electron chi connectivity index (χ4n) is 1.05. The minimum Gasteiger partial charge on any atom is -0.465 e. The summed E-state index contributed by atoms with van der Waals surface area (Å²) in [6.45, 7) is 5.68. The SMILES string of the molecule is CCOC(=O)C(C)(C)c1cnc(Br)cn1. The molecule has 0 amide bonds. The largest absolute Gasteiger partial charge is 0.465 e. The molecule has 0 fully saturated rings. The van der Waals surface area contributed by atoms with E-state index in [-0.39, 0.29) is 5.97 Å². The van der Waals surface area contributed by atoms with Crippen molar-refractivity contribution in [2.75, 3.05) is 6.61 Å². The highest BCUT2D eigenvalue weighted by Gasteiger charge is 2.33. The van der Waals surface area contributed by atoms with Gasteiger partial charge >= 0.3 is 5.97 Å². The highest BCUT2D eigenvalue weighted by atomic mass is 79.9. The lowest BCUT2D eigenvalue weighted by Crippen LogP contribution is -2.32. The van der Waals surface area contributed by atoms with Crippen molar-refractivity contribution in [1.29, 1.82) is 0 Å². The number of carbonyl (C=O) groups is 1. The normalized spacial score (nSPS) is 11.2. The van der Waals surface area contributed by atoms with Crippen LogP contribution in [0.5, 0.6) is 0 Å². The quantitative estimate of drug-likeness (QED) is 0.791. The summed E-state index contributed by atoms with van der Waals surface area (Å²) < 4.78 is 5.62. The zero-order valence-corrected chi connectivity index (χ0v) is 10.5. The summed E-state index contributed by atoms with van der Waals surface area (Å²) in [5, 5.41) is 0. The Morgan fingerprint density at radius 2 is 2.13 bits per heavy atom. The number of carbonyl (C=O) groups excluding carboxylic acids is 1. The lowest BCUT2D eigenvalue weighted by atomic mass is 9.90. The average molecular weight is 273 g/mol. The van der Waals surface area contributed by atoms with E-state index in [4.69, 9.17) is 4.74 Å². The van der Waals surface area contributed by atoms with E-state index in [0.29, 0.717) is 16.9 Å². The second-order valence-corrected chi connectivity index (χ2v) is 4.38. The van der Waals surface area contributed by atoms with Gasteiger partial charge in [-0.05, 0) is 36.7 Å². The van der Waals surface area contributed by atoms with Crippen molar-refractivity contribution in [2.45, 2.75) is 26.2 Å². The van der Waals surface area contributed by atoms with Crippen LogP contribution in [0.3, 0.4) is 0 Å². The Bertz CT molecular complexity index is 349. The lowest BCUT2D eigenvalue weighted by Gasteiger charge is -2.20. The van der Waals surface area contributed by atoms with Gasteiger partial charge in [0.2, 0.25) is 0 Å². The third-order valence-electron chi connectivity index (χ3n) is 2.05. The van der Waals surface area contributed by atoms with Crippen LogP contribution in [-0.2, 0) is 14.9 Å². The number of ether oxygens (including phenoxy) is 1. The van der Waals surface area contributed by atoms with Crippen LogP contribution in [0.15, 0.2) is 17.0 Å². The average Bonchev–Trinajstić information content (AvgIpc) is 2.18. The third kappa shape index (κ3) is 2.75. The van der Waals surface area contributed by atoms with Crippen LogP contribution in [-0.4, -0.2) is 22.5 Å². The van der Waals surface area contributed by atoms with Crippen molar-refractivity contribution in [3.05, 3.63) is 22.7 Å². The van der Waals surface area contributed by atoms with Gasteiger partial charge in [-0.1, -0.05) is 0 Å². The maximum absolute atomic E-state index is 11.6. The Balaban J connectivity index is 2.94. The van der Waals surface area contributed by atoms with Gasteiger partial charge < -0.3 is 4.74 Å². The summed E-state index contributed by atoms with van der Waals surface area (Å²) >= 11 is 3.19. The van der Waals surface area contributed by atoms with Gasteiger partial charge in [0.05, 0.1) is 24.7 Å². The lowest BCUT2D eigenvalue weighted by molar-refractivity contribution is -0.148. The molecule has 0 saturated heterocycles. The van der Waals surface area contributed by atoms with Gasteiger partial charge in [0.25, 0.3) is 0 Å². The second kappa shape index (κ2) is 4.70. The van der Waals surface area contributed by atoms with Crippen molar-refractivity contribution in [2.24, 2.45) is 0 Å². The number of halogens is 1. The van der Waals surface area contributed by atoms with Gasteiger partial charge in [-0.2, -0.15) is 0 Å². The Morgan fingerprint density at radius 1 is 1.47 bits per heavy atom. The zero-order chi connectivity index (χ0) is 11.5. The fraction of sp³-hybridized carbons (Fsp3) is 0.500. The Morgan fingerprint density at radius 3 is 2.60 bits per heavy atom. The van der Waals surface area contributed by atoms with Gasteiger partial charge in [0, 0.05) is 0 Å². The first-order chi connectivity index (χ1) is 6.98. The van der Waals surface area contributed by atoms with Crippen LogP contribution in [0.25, 0.3) is 0 Å². The van der Waals surface area contributed by atoms with Crippen LogP contribution in [0.1, 0.15) is 26.5 Å². The van der Waals surface area contributed by atoms with Gasteiger partial charge in [0.1, 0.15) is 10.0 Å². The van der Waals surface area contributed by atoms with E-state index in [1.807, 2.05) is 0 Å².